The molecular formula is C22H22N2O3S. The van der Waals surface area contributed by atoms with Crippen LogP contribution in [0.15, 0.2) is 95.9 Å². The smallest absolute Gasteiger partial charge is 0.243 e. The van der Waals surface area contributed by atoms with Gasteiger partial charge in [-0.25, -0.2) is 8.42 Å². The lowest BCUT2D eigenvalue weighted by Crippen LogP contribution is -2.41. The topological polar surface area (TPSA) is 75.3 Å². The van der Waals surface area contributed by atoms with E-state index < -0.39 is 22.0 Å². The minimum Gasteiger partial charge on any atom is -0.348 e. The summed E-state index contributed by atoms with van der Waals surface area (Å²) >= 11 is 0. The number of hydrogen-bond acceptors (Lipinski definition) is 3. The molecule has 0 saturated carbocycles. The molecule has 3 aromatic rings. The summed E-state index contributed by atoms with van der Waals surface area (Å²) in [6, 6.07) is 25.0. The predicted molar refractivity (Wildman–Crippen MR) is 109 cm³/mol. The molecule has 0 spiro atoms. The second-order valence-electron chi connectivity index (χ2n) is 6.42. The largest absolute Gasteiger partial charge is 0.348 e. The van der Waals surface area contributed by atoms with Crippen LogP contribution in [-0.4, -0.2) is 14.3 Å². The van der Waals surface area contributed by atoms with Crippen LogP contribution in [0.4, 0.5) is 0 Å². The van der Waals surface area contributed by atoms with E-state index in [1.807, 2.05) is 43.3 Å². The second kappa shape index (κ2) is 8.82. The molecule has 28 heavy (non-hydrogen) atoms. The van der Waals surface area contributed by atoms with Crippen LogP contribution < -0.4 is 10.0 Å². The van der Waals surface area contributed by atoms with Gasteiger partial charge in [0.1, 0.15) is 6.04 Å². The summed E-state index contributed by atoms with van der Waals surface area (Å²) in [6.07, 6.45) is 0. The Balaban J connectivity index is 1.86. The summed E-state index contributed by atoms with van der Waals surface area (Å²) in [7, 11) is -3.86. The van der Waals surface area contributed by atoms with E-state index in [1.165, 1.54) is 12.1 Å². The Morgan fingerprint density at radius 3 is 1.75 bits per heavy atom. The van der Waals surface area contributed by atoms with Crippen LogP contribution in [0.25, 0.3) is 0 Å². The van der Waals surface area contributed by atoms with Gasteiger partial charge in [0, 0.05) is 0 Å². The van der Waals surface area contributed by atoms with Crippen LogP contribution in [0.5, 0.6) is 0 Å². The van der Waals surface area contributed by atoms with Gasteiger partial charge in [0.2, 0.25) is 15.9 Å². The van der Waals surface area contributed by atoms with Gasteiger partial charge in [0.05, 0.1) is 10.9 Å². The number of nitrogens with one attached hydrogen (secondary N) is 2. The fourth-order valence-electron chi connectivity index (χ4n) is 2.86. The molecule has 1 amide bonds. The number of carbonyl (C=O) groups excluding carboxylic acids is 1. The summed E-state index contributed by atoms with van der Waals surface area (Å²) in [5, 5.41) is 2.90. The highest BCUT2D eigenvalue weighted by Crippen LogP contribution is 2.20. The number of hydrogen-bond donors (Lipinski definition) is 2. The van der Waals surface area contributed by atoms with Crippen molar-refractivity contribution in [1.82, 2.24) is 10.0 Å². The van der Waals surface area contributed by atoms with Crippen LogP contribution in [-0.2, 0) is 14.8 Å². The highest BCUT2D eigenvalue weighted by molar-refractivity contribution is 7.89. The third-order valence-electron chi connectivity index (χ3n) is 4.38. The van der Waals surface area contributed by atoms with Crippen LogP contribution in [0, 0.1) is 0 Å². The maximum atomic E-state index is 13.0. The van der Waals surface area contributed by atoms with E-state index >= 15 is 0 Å². The molecule has 144 valence electrons. The molecule has 2 unspecified atom stereocenters. The number of amides is 1. The number of benzene rings is 3. The van der Waals surface area contributed by atoms with Gasteiger partial charge in [-0.2, -0.15) is 4.72 Å². The molecule has 2 N–H and O–H groups in total. The fourth-order valence-corrected chi connectivity index (χ4v) is 4.07. The number of carbonyl (C=O) groups is 1. The Labute approximate surface area is 165 Å². The molecule has 0 fully saturated rings. The molecule has 0 aromatic heterocycles. The van der Waals surface area contributed by atoms with Crippen LogP contribution in [0.3, 0.4) is 0 Å². The van der Waals surface area contributed by atoms with Crippen LogP contribution >= 0.6 is 0 Å². The van der Waals surface area contributed by atoms with E-state index in [-0.39, 0.29) is 10.9 Å². The first-order valence-electron chi connectivity index (χ1n) is 8.95. The molecule has 3 rings (SSSR count). The summed E-state index contributed by atoms with van der Waals surface area (Å²) in [6.45, 7) is 1.86. The number of sulfonamides is 1. The van der Waals surface area contributed by atoms with Crippen molar-refractivity contribution in [3.8, 4) is 0 Å². The molecule has 0 bridgehead atoms. The number of rotatable bonds is 7. The molecular weight excluding hydrogens is 372 g/mol. The molecule has 0 heterocycles. The van der Waals surface area contributed by atoms with Gasteiger partial charge >= 0.3 is 0 Å². The fraction of sp³-hybridized carbons (Fsp3) is 0.136. The van der Waals surface area contributed by atoms with E-state index in [1.54, 1.807) is 42.5 Å². The Morgan fingerprint density at radius 2 is 1.21 bits per heavy atom. The maximum absolute atomic E-state index is 13.0. The summed E-state index contributed by atoms with van der Waals surface area (Å²) in [5.41, 5.74) is 1.51. The average Bonchev–Trinajstić information content (AvgIpc) is 2.74. The highest BCUT2D eigenvalue weighted by atomic mass is 32.2. The second-order valence-corrected chi connectivity index (χ2v) is 8.13. The van der Waals surface area contributed by atoms with Crippen molar-refractivity contribution in [2.45, 2.75) is 23.9 Å². The lowest BCUT2D eigenvalue weighted by molar-refractivity contribution is -0.123. The maximum Gasteiger partial charge on any atom is 0.243 e. The minimum atomic E-state index is -3.86. The predicted octanol–water partition coefficient (Wildman–Crippen LogP) is 3.58. The quantitative estimate of drug-likeness (QED) is 0.643. The normalized spacial score (nSPS) is 13.5. The monoisotopic (exact) mass is 394 g/mol. The molecule has 3 aromatic carbocycles. The van der Waals surface area contributed by atoms with Crippen molar-refractivity contribution >= 4 is 15.9 Å². The molecule has 5 nitrogen and oxygen atoms in total. The molecule has 6 heteroatoms. The molecule has 0 aliphatic rings. The zero-order valence-electron chi connectivity index (χ0n) is 15.4. The lowest BCUT2D eigenvalue weighted by Gasteiger charge is -2.22. The zero-order chi connectivity index (χ0) is 20.0. The van der Waals surface area contributed by atoms with E-state index in [0.717, 1.165) is 5.56 Å². The van der Waals surface area contributed by atoms with Crippen molar-refractivity contribution in [3.05, 3.63) is 102 Å². The van der Waals surface area contributed by atoms with E-state index in [2.05, 4.69) is 10.0 Å². The van der Waals surface area contributed by atoms with Gasteiger partial charge in [-0.1, -0.05) is 78.9 Å². The standard InChI is InChI=1S/C22H22N2O3S/c1-17(18-11-5-2-6-12-18)23-22(25)21(19-13-7-3-8-14-19)24-28(26,27)20-15-9-4-10-16-20/h2-17,21,24H,1H3,(H,23,25). The van der Waals surface area contributed by atoms with Gasteiger partial charge in [-0.15, -0.1) is 0 Å². The van der Waals surface area contributed by atoms with Gasteiger partial charge in [-0.05, 0) is 30.2 Å². The SMILES string of the molecule is CC(NC(=O)C(NS(=O)(=O)c1ccccc1)c1ccccc1)c1ccccc1. The first-order chi connectivity index (χ1) is 13.5. The van der Waals surface area contributed by atoms with Crippen molar-refractivity contribution in [2.24, 2.45) is 0 Å². The van der Waals surface area contributed by atoms with Crippen LogP contribution in [0.1, 0.15) is 30.1 Å². The lowest BCUT2D eigenvalue weighted by atomic mass is 10.1. The third kappa shape index (κ3) is 4.85. The first kappa shape index (κ1) is 19.8. The molecule has 2 atom stereocenters. The average molecular weight is 394 g/mol. The van der Waals surface area contributed by atoms with Crippen LogP contribution in [0.2, 0.25) is 0 Å². The highest BCUT2D eigenvalue weighted by Gasteiger charge is 2.28. The molecule has 0 radical (unpaired) electrons. The van der Waals surface area contributed by atoms with E-state index in [9.17, 15) is 13.2 Å². The summed E-state index contributed by atoms with van der Waals surface area (Å²) in [5.74, 6) is -0.415. The van der Waals surface area contributed by atoms with Crippen molar-refractivity contribution < 1.29 is 13.2 Å². The van der Waals surface area contributed by atoms with Crippen molar-refractivity contribution in [1.29, 1.82) is 0 Å². The van der Waals surface area contributed by atoms with Gasteiger partial charge in [0.25, 0.3) is 0 Å². The van der Waals surface area contributed by atoms with E-state index in [4.69, 9.17) is 0 Å². The first-order valence-corrected chi connectivity index (χ1v) is 10.4. The Morgan fingerprint density at radius 1 is 0.750 bits per heavy atom. The van der Waals surface area contributed by atoms with Crippen molar-refractivity contribution in [3.63, 3.8) is 0 Å². The van der Waals surface area contributed by atoms with E-state index in [0.29, 0.717) is 5.56 Å². The van der Waals surface area contributed by atoms with Crippen molar-refractivity contribution in [2.75, 3.05) is 0 Å². The van der Waals surface area contributed by atoms with Gasteiger partial charge in [0.15, 0.2) is 0 Å². The Kier molecular flexibility index (Phi) is 6.23. The third-order valence-corrected chi connectivity index (χ3v) is 5.82. The van der Waals surface area contributed by atoms with Gasteiger partial charge in [-0.3, -0.25) is 4.79 Å². The molecule has 0 aliphatic carbocycles. The summed E-state index contributed by atoms with van der Waals surface area (Å²) < 4.78 is 28.1. The minimum absolute atomic E-state index is 0.111. The van der Waals surface area contributed by atoms with Gasteiger partial charge < -0.3 is 5.32 Å². The summed E-state index contributed by atoms with van der Waals surface area (Å²) in [4.78, 5) is 13.1. The Hall–Kier alpha value is -2.96. The Bertz CT molecular complexity index is 1010. The molecule has 0 saturated heterocycles. The molecule has 0 aliphatic heterocycles. The zero-order valence-corrected chi connectivity index (χ0v) is 16.3.